The quantitative estimate of drug-likeness (QED) is 0.474. The first-order valence-electron chi connectivity index (χ1n) is 3.34. The van der Waals surface area contributed by atoms with Crippen molar-refractivity contribution in [2.24, 2.45) is 0 Å². The van der Waals surface area contributed by atoms with Crippen molar-refractivity contribution in [2.75, 3.05) is 27.2 Å². The average molecular weight is 128 g/mol. The summed E-state index contributed by atoms with van der Waals surface area (Å²) in [5, 5.41) is 10.7. The first-order chi connectivity index (χ1) is 4.33. The lowest BCUT2D eigenvalue weighted by molar-refractivity contribution is 0.326. The second kappa shape index (κ2) is 2.64. The Kier molecular flexibility index (Phi) is 2.05. The van der Waals surface area contributed by atoms with Gasteiger partial charge in [-0.3, -0.25) is 0 Å². The molecule has 0 aromatic rings. The van der Waals surface area contributed by atoms with E-state index >= 15 is 0 Å². The van der Waals surface area contributed by atoms with E-state index in [1.807, 2.05) is 14.1 Å². The monoisotopic (exact) mass is 128 g/mol. The minimum Gasteiger partial charge on any atom is -0.301 e. The largest absolute Gasteiger partial charge is 0.301 e. The summed E-state index contributed by atoms with van der Waals surface area (Å²) in [7, 11) is 3.94. The predicted octanol–water partition coefficient (Wildman–Crippen LogP) is -0.870. The van der Waals surface area contributed by atoms with Crippen LogP contribution in [-0.4, -0.2) is 32.8 Å². The van der Waals surface area contributed by atoms with Crippen LogP contribution in [0.25, 0.3) is 0 Å². The van der Waals surface area contributed by atoms with Crippen LogP contribution in [0.2, 0.25) is 0 Å². The van der Waals surface area contributed by atoms with E-state index < -0.39 is 0 Å². The van der Waals surface area contributed by atoms with Crippen molar-refractivity contribution >= 4 is 0 Å². The third kappa shape index (κ3) is 1.23. The van der Waals surface area contributed by atoms with Crippen LogP contribution in [0.1, 0.15) is 6.42 Å². The van der Waals surface area contributed by atoms with Crippen LogP contribution in [-0.2, 0) is 0 Å². The molecule has 1 aliphatic rings. The highest BCUT2D eigenvalue weighted by Crippen LogP contribution is 2.09. The molecule has 1 aliphatic heterocycles. The number of likely N-dealkylation sites (N-methyl/N-ethyl adjacent to an activating group) is 2. The van der Waals surface area contributed by atoms with Gasteiger partial charge in [-0.1, -0.05) is 0 Å². The maximum absolute atomic E-state index is 4.25. The Hall–Kier alpha value is -0.120. The van der Waals surface area contributed by atoms with Gasteiger partial charge in [0.1, 0.15) is 0 Å². The van der Waals surface area contributed by atoms with Gasteiger partial charge in [-0.05, 0) is 20.5 Å². The number of hydrogen-bond acceptors (Lipinski definition) is 2. The van der Waals surface area contributed by atoms with Crippen LogP contribution in [0.5, 0.6) is 0 Å². The lowest BCUT2D eigenvalue weighted by atomic mass is 10.1. The Labute approximate surface area is 56.2 Å². The van der Waals surface area contributed by atoms with Crippen LogP contribution in [0.4, 0.5) is 0 Å². The highest BCUT2D eigenvalue weighted by molar-refractivity contribution is 4.90. The third-order valence-electron chi connectivity index (χ3n) is 2.04. The Bertz CT molecular complexity index is 80.3. The standard InChI is InChI=1S/C6H14N3/c1-7-6(8-2)3-4-9-5-6/h7-8H,3-5H2,1-2H3. The lowest BCUT2D eigenvalue weighted by Gasteiger charge is -2.26. The molecule has 0 saturated carbocycles. The maximum atomic E-state index is 4.25. The molecule has 1 heterocycles. The zero-order valence-electron chi connectivity index (χ0n) is 6.07. The first kappa shape index (κ1) is 6.99. The van der Waals surface area contributed by atoms with Crippen molar-refractivity contribution in [2.45, 2.75) is 12.1 Å². The fourth-order valence-electron chi connectivity index (χ4n) is 1.15. The molecule has 0 aromatic heterocycles. The summed E-state index contributed by atoms with van der Waals surface area (Å²) in [6, 6.07) is 0. The highest BCUT2D eigenvalue weighted by Gasteiger charge is 2.30. The molecule has 1 fully saturated rings. The minimum absolute atomic E-state index is 0.111. The SMILES string of the molecule is CNC1(NC)CC[N]C1. The van der Waals surface area contributed by atoms with Gasteiger partial charge in [0.15, 0.2) is 0 Å². The van der Waals surface area contributed by atoms with E-state index in [1.165, 1.54) is 0 Å². The molecule has 9 heavy (non-hydrogen) atoms. The molecule has 1 rings (SSSR count). The molecule has 0 amide bonds. The van der Waals surface area contributed by atoms with E-state index in [0.29, 0.717) is 0 Å². The molecule has 3 nitrogen and oxygen atoms in total. The molecule has 1 saturated heterocycles. The van der Waals surface area contributed by atoms with E-state index in [2.05, 4.69) is 16.0 Å². The normalized spacial score (nSPS) is 24.7. The zero-order chi connectivity index (χ0) is 6.74. The molecular formula is C6H14N3. The lowest BCUT2D eigenvalue weighted by Crippen LogP contribution is -2.54. The fraction of sp³-hybridized carbons (Fsp3) is 1.00. The predicted molar refractivity (Wildman–Crippen MR) is 37.3 cm³/mol. The minimum atomic E-state index is 0.111. The number of nitrogens with zero attached hydrogens (tertiary/aromatic N) is 1. The van der Waals surface area contributed by atoms with Crippen molar-refractivity contribution in [1.29, 1.82) is 0 Å². The molecule has 0 spiro atoms. The Morgan fingerprint density at radius 3 is 2.22 bits per heavy atom. The van der Waals surface area contributed by atoms with Gasteiger partial charge in [-0.25, -0.2) is 5.32 Å². The van der Waals surface area contributed by atoms with Gasteiger partial charge in [0.25, 0.3) is 0 Å². The van der Waals surface area contributed by atoms with Gasteiger partial charge in [0, 0.05) is 13.1 Å². The summed E-state index contributed by atoms with van der Waals surface area (Å²) < 4.78 is 0. The van der Waals surface area contributed by atoms with Crippen LogP contribution in [0.15, 0.2) is 0 Å². The molecule has 0 atom stereocenters. The van der Waals surface area contributed by atoms with Crippen molar-refractivity contribution < 1.29 is 0 Å². The van der Waals surface area contributed by atoms with E-state index in [-0.39, 0.29) is 5.66 Å². The van der Waals surface area contributed by atoms with Gasteiger partial charge >= 0.3 is 0 Å². The summed E-state index contributed by atoms with van der Waals surface area (Å²) in [4.78, 5) is 0. The van der Waals surface area contributed by atoms with E-state index in [0.717, 1.165) is 19.5 Å². The van der Waals surface area contributed by atoms with Gasteiger partial charge in [-0.2, -0.15) is 0 Å². The van der Waals surface area contributed by atoms with Gasteiger partial charge in [0.05, 0.1) is 5.66 Å². The van der Waals surface area contributed by atoms with Gasteiger partial charge in [0.2, 0.25) is 0 Å². The average Bonchev–Trinajstić information content (AvgIpc) is 2.36. The molecule has 53 valence electrons. The van der Waals surface area contributed by atoms with Crippen LogP contribution in [0, 0.1) is 0 Å². The second-order valence-electron chi connectivity index (χ2n) is 2.44. The summed E-state index contributed by atoms with van der Waals surface area (Å²) in [5.74, 6) is 0. The maximum Gasteiger partial charge on any atom is 0.0840 e. The van der Waals surface area contributed by atoms with Crippen LogP contribution < -0.4 is 16.0 Å². The summed E-state index contributed by atoms with van der Waals surface area (Å²) in [5.41, 5.74) is 0.111. The van der Waals surface area contributed by atoms with Crippen molar-refractivity contribution in [3.05, 3.63) is 0 Å². The van der Waals surface area contributed by atoms with Gasteiger partial charge in [-0.15, -0.1) is 0 Å². The smallest absolute Gasteiger partial charge is 0.0840 e. The van der Waals surface area contributed by atoms with Crippen molar-refractivity contribution in [3.8, 4) is 0 Å². The molecule has 1 radical (unpaired) electrons. The molecule has 0 aromatic carbocycles. The second-order valence-corrected chi connectivity index (χ2v) is 2.44. The van der Waals surface area contributed by atoms with Crippen molar-refractivity contribution in [1.82, 2.24) is 16.0 Å². The molecular weight excluding hydrogens is 114 g/mol. The Morgan fingerprint density at radius 1 is 1.33 bits per heavy atom. The molecule has 0 unspecified atom stereocenters. The van der Waals surface area contributed by atoms with Crippen molar-refractivity contribution in [3.63, 3.8) is 0 Å². The van der Waals surface area contributed by atoms with E-state index in [1.54, 1.807) is 0 Å². The number of rotatable bonds is 2. The number of nitrogens with one attached hydrogen (secondary N) is 2. The van der Waals surface area contributed by atoms with Gasteiger partial charge < -0.3 is 10.6 Å². The van der Waals surface area contributed by atoms with E-state index in [9.17, 15) is 0 Å². The molecule has 3 heteroatoms. The molecule has 2 N–H and O–H groups in total. The molecule has 0 aliphatic carbocycles. The Balaban J connectivity index is 2.45. The number of hydrogen-bond donors (Lipinski definition) is 2. The summed E-state index contributed by atoms with van der Waals surface area (Å²) in [6.45, 7) is 1.89. The topological polar surface area (TPSA) is 38.2 Å². The van der Waals surface area contributed by atoms with Crippen LogP contribution in [0.3, 0.4) is 0 Å². The third-order valence-corrected chi connectivity index (χ3v) is 2.04. The summed E-state index contributed by atoms with van der Waals surface area (Å²) in [6.07, 6.45) is 1.11. The molecule has 0 bridgehead atoms. The summed E-state index contributed by atoms with van der Waals surface area (Å²) >= 11 is 0. The fourth-order valence-corrected chi connectivity index (χ4v) is 1.15. The Morgan fingerprint density at radius 2 is 2.00 bits per heavy atom. The highest BCUT2D eigenvalue weighted by atomic mass is 15.2. The van der Waals surface area contributed by atoms with E-state index in [4.69, 9.17) is 0 Å². The van der Waals surface area contributed by atoms with Crippen LogP contribution >= 0.6 is 0 Å². The zero-order valence-corrected chi connectivity index (χ0v) is 6.07. The first-order valence-corrected chi connectivity index (χ1v) is 3.34.